The van der Waals surface area contributed by atoms with Crippen molar-refractivity contribution in [2.24, 2.45) is 5.73 Å². The molecule has 0 saturated heterocycles. The minimum atomic E-state index is -0.618. The highest BCUT2D eigenvalue weighted by Gasteiger charge is 2.27. The number of fused-ring (bicyclic) bond motifs is 1. The van der Waals surface area contributed by atoms with Gasteiger partial charge in [-0.2, -0.15) is 0 Å². The van der Waals surface area contributed by atoms with Crippen LogP contribution in [0, 0.1) is 0 Å². The molecule has 1 atom stereocenters. The fourth-order valence-electron chi connectivity index (χ4n) is 1.69. The standard InChI is InChI=1S/C12H14N2O2/c1-2-7-14-10-5-3-4-6-11(10)16-8-9(13)12(14)15/h2-6,9H,1,7-8,13H2/t9-/m0/s1. The number of nitrogens with zero attached hydrogens (tertiary/aromatic N) is 1. The number of amides is 1. The maximum absolute atomic E-state index is 12.0. The molecule has 0 aliphatic carbocycles. The highest BCUT2D eigenvalue weighted by Crippen LogP contribution is 2.30. The van der Waals surface area contributed by atoms with Crippen LogP contribution in [0.5, 0.6) is 5.75 Å². The Balaban J connectivity index is 2.44. The van der Waals surface area contributed by atoms with Gasteiger partial charge in [-0.1, -0.05) is 18.2 Å². The third-order valence-corrected chi connectivity index (χ3v) is 2.47. The van der Waals surface area contributed by atoms with E-state index in [1.165, 1.54) is 0 Å². The maximum atomic E-state index is 12.0. The van der Waals surface area contributed by atoms with Crippen molar-refractivity contribution >= 4 is 11.6 Å². The van der Waals surface area contributed by atoms with Gasteiger partial charge in [0.2, 0.25) is 5.91 Å². The Bertz CT molecular complexity index is 417. The fourth-order valence-corrected chi connectivity index (χ4v) is 1.69. The molecule has 1 aromatic carbocycles. The minimum Gasteiger partial charge on any atom is -0.489 e. The van der Waals surface area contributed by atoms with Gasteiger partial charge in [-0.05, 0) is 12.1 Å². The Morgan fingerprint density at radius 2 is 2.31 bits per heavy atom. The molecule has 1 aromatic rings. The van der Waals surface area contributed by atoms with E-state index in [-0.39, 0.29) is 12.5 Å². The van der Waals surface area contributed by atoms with E-state index in [4.69, 9.17) is 10.5 Å². The van der Waals surface area contributed by atoms with Crippen LogP contribution in [0.25, 0.3) is 0 Å². The highest BCUT2D eigenvalue weighted by molar-refractivity contribution is 5.99. The van der Waals surface area contributed by atoms with Crippen LogP contribution in [0.3, 0.4) is 0 Å². The molecule has 1 amide bonds. The van der Waals surface area contributed by atoms with Crippen molar-refractivity contribution in [3.63, 3.8) is 0 Å². The topological polar surface area (TPSA) is 55.6 Å². The molecule has 0 bridgehead atoms. The van der Waals surface area contributed by atoms with Crippen molar-refractivity contribution in [3.05, 3.63) is 36.9 Å². The maximum Gasteiger partial charge on any atom is 0.247 e. The molecule has 84 valence electrons. The molecule has 0 aromatic heterocycles. The van der Waals surface area contributed by atoms with Gasteiger partial charge < -0.3 is 15.4 Å². The lowest BCUT2D eigenvalue weighted by Crippen LogP contribution is -2.45. The van der Waals surface area contributed by atoms with Gasteiger partial charge in [0.15, 0.2) is 0 Å². The van der Waals surface area contributed by atoms with Crippen LogP contribution in [-0.2, 0) is 4.79 Å². The first-order valence-electron chi connectivity index (χ1n) is 5.13. The van der Waals surface area contributed by atoms with Crippen LogP contribution < -0.4 is 15.4 Å². The molecule has 4 heteroatoms. The Labute approximate surface area is 94.3 Å². The predicted molar refractivity (Wildman–Crippen MR) is 62.5 cm³/mol. The van der Waals surface area contributed by atoms with E-state index in [0.29, 0.717) is 12.3 Å². The van der Waals surface area contributed by atoms with Crippen molar-refractivity contribution in [3.8, 4) is 5.75 Å². The zero-order valence-electron chi connectivity index (χ0n) is 8.93. The van der Waals surface area contributed by atoms with Gasteiger partial charge in [-0.3, -0.25) is 4.79 Å². The summed E-state index contributed by atoms with van der Waals surface area (Å²) >= 11 is 0. The number of hydrogen-bond acceptors (Lipinski definition) is 3. The molecule has 1 heterocycles. The van der Waals surface area contributed by atoms with E-state index in [0.717, 1.165) is 5.69 Å². The van der Waals surface area contributed by atoms with Gasteiger partial charge in [-0.25, -0.2) is 0 Å². The van der Waals surface area contributed by atoms with Gasteiger partial charge in [-0.15, -0.1) is 6.58 Å². The highest BCUT2D eigenvalue weighted by atomic mass is 16.5. The molecule has 16 heavy (non-hydrogen) atoms. The van der Waals surface area contributed by atoms with Crippen LogP contribution >= 0.6 is 0 Å². The summed E-state index contributed by atoms with van der Waals surface area (Å²) in [5.74, 6) is 0.551. The molecule has 2 rings (SSSR count). The van der Waals surface area contributed by atoms with Gasteiger partial charge >= 0.3 is 0 Å². The number of ether oxygens (including phenoxy) is 1. The quantitative estimate of drug-likeness (QED) is 0.751. The molecule has 2 N–H and O–H groups in total. The number of hydrogen-bond donors (Lipinski definition) is 1. The van der Waals surface area contributed by atoms with E-state index in [1.54, 1.807) is 11.0 Å². The van der Waals surface area contributed by atoms with Gasteiger partial charge in [0.05, 0.1) is 5.69 Å². The number of carbonyl (C=O) groups is 1. The Hall–Kier alpha value is -1.81. The second kappa shape index (κ2) is 4.37. The van der Waals surface area contributed by atoms with Crippen molar-refractivity contribution in [2.75, 3.05) is 18.1 Å². The lowest BCUT2D eigenvalue weighted by atomic mass is 10.2. The number of para-hydroxylation sites is 2. The minimum absolute atomic E-state index is 0.134. The molecular formula is C12H14N2O2. The van der Waals surface area contributed by atoms with Crippen molar-refractivity contribution in [1.82, 2.24) is 0 Å². The lowest BCUT2D eigenvalue weighted by Gasteiger charge is -2.21. The molecule has 0 unspecified atom stereocenters. The predicted octanol–water partition coefficient (Wildman–Crippen LogP) is 0.925. The number of carbonyl (C=O) groups excluding carboxylic acids is 1. The monoisotopic (exact) mass is 218 g/mol. The summed E-state index contributed by atoms with van der Waals surface area (Å²) in [6, 6.07) is 6.78. The van der Waals surface area contributed by atoms with Crippen molar-refractivity contribution in [1.29, 1.82) is 0 Å². The molecule has 0 saturated carbocycles. The van der Waals surface area contributed by atoms with E-state index in [2.05, 4.69) is 6.58 Å². The van der Waals surface area contributed by atoms with E-state index >= 15 is 0 Å². The summed E-state index contributed by atoms with van der Waals surface area (Å²) in [7, 11) is 0. The zero-order valence-corrected chi connectivity index (χ0v) is 8.93. The van der Waals surface area contributed by atoms with Crippen LogP contribution in [0.1, 0.15) is 0 Å². The summed E-state index contributed by atoms with van der Waals surface area (Å²) in [4.78, 5) is 13.6. The third-order valence-electron chi connectivity index (χ3n) is 2.47. The molecule has 1 aliphatic rings. The number of anilines is 1. The smallest absolute Gasteiger partial charge is 0.247 e. The summed E-state index contributed by atoms with van der Waals surface area (Å²) in [5.41, 5.74) is 6.48. The van der Waals surface area contributed by atoms with Crippen LogP contribution in [0.15, 0.2) is 36.9 Å². The van der Waals surface area contributed by atoms with Crippen molar-refractivity contribution < 1.29 is 9.53 Å². The molecule has 0 radical (unpaired) electrons. The number of nitrogens with two attached hydrogens (primary N) is 1. The molecular weight excluding hydrogens is 204 g/mol. The van der Waals surface area contributed by atoms with E-state index in [9.17, 15) is 4.79 Å². The second-order valence-electron chi connectivity index (χ2n) is 3.62. The first-order valence-corrected chi connectivity index (χ1v) is 5.13. The third kappa shape index (κ3) is 1.79. The normalized spacial score (nSPS) is 19.7. The first-order chi connectivity index (χ1) is 7.74. The van der Waals surface area contributed by atoms with Crippen LogP contribution in [-0.4, -0.2) is 25.1 Å². The van der Waals surface area contributed by atoms with Crippen LogP contribution in [0.4, 0.5) is 5.69 Å². The van der Waals surface area contributed by atoms with Crippen molar-refractivity contribution in [2.45, 2.75) is 6.04 Å². The Kier molecular flexibility index (Phi) is 2.92. The van der Waals surface area contributed by atoms with Crippen LogP contribution in [0.2, 0.25) is 0 Å². The summed E-state index contributed by atoms with van der Waals surface area (Å²) in [6.45, 7) is 4.29. The number of rotatable bonds is 2. The average molecular weight is 218 g/mol. The van der Waals surface area contributed by atoms with E-state index in [1.807, 2.05) is 24.3 Å². The van der Waals surface area contributed by atoms with Gasteiger partial charge in [0, 0.05) is 6.54 Å². The molecule has 0 fully saturated rings. The fraction of sp³-hybridized carbons (Fsp3) is 0.250. The summed E-state index contributed by atoms with van der Waals surface area (Å²) < 4.78 is 5.49. The molecule has 0 spiro atoms. The Morgan fingerprint density at radius 3 is 3.06 bits per heavy atom. The molecule has 4 nitrogen and oxygen atoms in total. The second-order valence-corrected chi connectivity index (χ2v) is 3.62. The Morgan fingerprint density at radius 1 is 1.56 bits per heavy atom. The average Bonchev–Trinajstić information content (AvgIpc) is 2.42. The largest absolute Gasteiger partial charge is 0.489 e. The number of benzene rings is 1. The first kappa shape index (κ1) is 10.7. The molecule has 1 aliphatic heterocycles. The van der Waals surface area contributed by atoms with Gasteiger partial charge in [0.1, 0.15) is 18.4 Å². The SMILES string of the molecule is C=CCN1C(=O)[C@@H](N)COc2ccccc21. The summed E-state index contributed by atoms with van der Waals surface area (Å²) in [6.07, 6.45) is 1.67. The summed E-state index contributed by atoms with van der Waals surface area (Å²) in [5, 5.41) is 0. The van der Waals surface area contributed by atoms with Gasteiger partial charge in [0.25, 0.3) is 0 Å². The zero-order chi connectivity index (χ0) is 11.5. The lowest BCUT2D eigenvalue weighted by molar-refractivity contribution is -0.120. The van der Waals surface area contributed by atoms with E-state index < -0.39 is 6.04 Å².